The van der Waals surface area contributed by atoms with Crippen LogP contribution in [0.1, 0.15) is 23.2 Å². The van der Waals surface area contributed by atoms with E-state index in [9.17, 15) is 4.79 Å². The van der Waals surface area contributed by atoms with E-state index in [-0.39, 0.29) is 5.91 Å². The van der Waals surface area contributed by atoms with Gasteiger partial charge in [-0.15, -0.1) is 10.2 Å². The highest BCUT2D eigenvalue weighted by atomic mass is 79.9. The summed E-state index contributed by atoms with van der Waals surface area (Å²) in [6.07, 6.45) is 2.81. The van der Waals surface area contributed by atoms with Crippen molar-refractivity contribution in [2.75, 3.05) is 75.3 Å². The standard InChI is InChI=1S/C24H31BrN6O2/c25-21-6-2-1-5-20(21)24(32)31-15-13-30(14-16-31)23-8-7-22(26-27-23)29-11-9-28(10-12-29)18-19-4-3-17-33-19/h1-2,5-8,19H,3-4,9-18H2. The highest BCUT2D eigenvalue weighted by Crippen LogP contribution is 2.22. The number of hydrogen-bond donors (Lipinski definition) is 0. The molecule has 1 unspecified atom stereocenters. The van der Waals surface area contributed by atoms with Gasteiger partial charge in [-0.1, -0.05) is 12.1 Å². The summed E-state index contributed by atoms with van der Waals surface area (Å²) in [5.41, 5.74) is 0.714. The number of carbonyl (C=O) groups is 1. The van der Waals surface area contributed by atoms with Gasteiger partial charge in [-0.05, 0) is 53.0 Å². The van der Waals surface area contributed by atoms with Crippen LogP contribution in [0.5, 0.6) is 0 Å². The number of amides is 1. The number of aromatic nitrogens is 2. The Morgan fingerprint density at radius 2 is 1.55 bits per heavy atom. The lowest BCUT2D eigenvalue weighted by Crippen LogP contribution is -2.49. The molecule has 0 aliphatic carbocycles. The molecule has 3 aliphatic rings. The first-order valence-corrected chi connectivity index (χ1v) is 12.7. The van der Waals surface area contributed by atoms with E-state index in [1.807, 2.05) is 29.2 Å². The zero-order valence-corrected chi connectivity index (χ0v) is 20.5. The minimum Gasteiger partial charge on any atom is -0.377 e. The number of piperazine rings is 2. The predicted octanol–water partition coefficient (Wildman–Crippen LogP) is 2.50. The Morgan fingerprint density at radius 3 is 2.12 bits per heavy atom. The summed E-state index contributed by atoms with van der Waals surface area (Å²) in [6.45, 7) is 8.85. The van der Waals surface area contributed by atoms with Crippen LogP contribution in [0.3, 0.4) is 0 Å². The monoisotopic (exact) mass is 514 g/mol. The molecule has 8 nitrogen and oxygen atoms in total. The van der Waals surface area contributed by atoms with E-state index in [1.54, 1.807) is 0 Å². The maximum Gasteiger partial charge on any atom is 0.255 e. The molecular formula is C24H31BrN6O2. The molecule has 2 aromatic rings. The van der Waals surface area contributed by atoms with E-state index < -0.39 is 0 Å². The molecule has 0 spiro atoms. The van der Waals surface area contributed by atoms with Crippen LogP contribution in [0.4, 0.5) is 11.6 Å². The lowest BCUT2D eigenvalue weighted by Gasteiger charge is -2.37. The maximum atomic E-state index is 12.8. The third-order valence-corrected chi connectivity index (χ3v) is 7.51. The van der Waals surface area contributed by atoms with E-state index in [0.29, 0.717) is 24.8 Å². The highest BCUT2D eigenvalue weighted by molar-refractivity contribution is 9.10. The normalized spacial score (nSPS) is 22.1. The molecule has 1 amide bonds. The fourth-order valence-electron chi connectivity index (χ4n) is 4.83. The van der Waals surface area contributed by atoms with Gasteiger partial charge in [-0.3, -0.25) is 9.69 Å². The van der Waals surface area contributed by atoms with Crippen molar-refractivity contribution in [3.05, 3.63) is 46.4 Å². The van der Waals surface area contributed by atoms with Crippen LogP contribution in [0.15, 0.2) is 40.9 Å². The number of carbonyl (C=O) groups excluding carboxylic acids is 1. The van der Waals surface area contributed by atoms with Gasteiger partial charge in [0.25, 0.3) is 5.91 Å². The SMILES string of the molecule is O=C(c1ccccc1Br)N1CCN(c2ccc(N3CCN(CC4CCCO4)CC3)nn2)CC1. The van der Waals surface area contributed by atoms with Gasteiger partial charge < -0.3 is 19.4 Å². The molecule has 0 bridgehead atoms. The van der Waals surface area contributed by atoms with Gasteiger partial charge in [0.05, 0.1) is 11.7 Å². The number of halogens is 1. The molecule has 4 heterocycles. The Balaban J connectivity index is 1.11. The van der Waals surface area contributed by atoms with E-state index in [0.717, 1.165) is 68.5 Å². The first-order chi connectivity index (χ1) is 16.2. The van der Waals surface area contributed by atoms with Gasteiger partial charge in [0, 0.05) is 70.0 Å². The average Bonchev–Trinajstić information content (AvgIpc) is 3.38. The number of benzene rings is 1. The Bertz CT molecular complexity index is 936. The highest BCUT2D eigenvalue weighted by Gasteiger charge is 2.26. The summed E-state index contributed by atoms with van der Waals surface area (Å²) in [4.78, 5) is 21.8. The van der Waals surface area contributed by atoms with Gasteiger partial charge in [-0.2, -0.15) is 0 Å². The molecule has 5 rings (SSSR count). The molecule has 1 aromatic carbocycles. The van der Waals surface area contributed by atoms with Crippen LogP contribution in [0.2, 0.25) is 0 Å². The number of nitrogens with zero attached hydrogens (tertiary/aromatic N) is 6. The second kappa shape index (κ2) is 10.4. The number of hydrogen-bond acceptors (Lipinski definition) is 7. The zero-order valence-electron chi connectivity index (χ0n) is 18.9. The van der Waals surface area contributed by atoms with E-state index in [1.165, 1.54) is 12.8 Å². The quantitative estimate of drug-likeness (QED) is 0.607. The number of anilines is 2. The first-order valence-electron chi connectivity index (χ1n) is 11.9. The third-order valence-electron chi connectivity index (χ3n) is 6.81. The van der Waals surface area contributed by atoms with Gasteiger partial charge >= 0.3 is 0 Å². The van der Waals surface area contributed by atoms with E-state index in [2.05, 4.69) is 53.0 Å². The second-order valence-electron chi connectivity index (χ2n) is 8.93. The topological polar surface area (TPSA) is 65.0 Å². The predicted molar refractivity (Wildman–Crippen MR) is 132 cm³/mol. The molecule has 0 radical (unpaired) electrons. The molecule has 9 heteroatoms. The Morgan fingerprint density at radius 1 is 0.909 bits per heavy atom. The summed E-state index contributed by atoms with van der Waals surface area (Å²) >= 11 is 3.49. The van der Waals surface area contributed by atoms with Crippen LogP contribution in [-0.4, -0.2) is 97.5 Å². The minimum atomic E-state index is 0.0715. The van der Waals surface area contributed by atoms with Crippen molar-refractivity contribution in [2.24, 2.45) is 0 Å². The van der Waals surface area contributed by atoms with Crippen molar-refractivity contribution < 1.29 is 9.53 Å². The summed E-state index contributed by atoms with van der Waals surface area (Å²) in [7, 11) is 0. The third kappa shape index (κ3) is 5.31. The van der Waals surface area contributed by atoms with Crippen molar-refractivity contribution >= 4 is 33.5 Å². The van der Waals surface area contributed by atoms with Crippen molar-refractivity contribution in [1.82, 2.24) is 20.0 Å². The maximum absolute atomic E-state index is 12.8. The molecule has 176 valence electrons. The van der Waals surface area contributed by atoms with Crippen molar-refractivity contribution in [3.8, 4) is 0 Å². The van der Waals surface area contributed by atoms with Crippen molar-refractivity contribution in [2.45, 2.75) is 18.9 Å². The summed E-state index contributed by atoms with van der Waals surface area (Å²) < 4.78 is 6.62. The molecule has 0 saturated carbocycles. The Labute approximate surface area is 203 Å². The number of rotatable bonds is 5. The van der Waals surface area contributed by atoms with Crippen LogP contribution in [0, 0.1) is 0 Å². The fraction of sp³-hybridized carbons (Fsp3) is 0.542. The Hall–Kier alpha value is -2.23. The lowest BCUT2D eigenvalue weighted by molar-refractivity contribution is 0.0712. The molecule has 3 fully saturated rings. The van der Waals surface area contributed by atoms with Crippen molar-refractivity contribution in [1.29, 1.82) is 0 Å². The lowest BCUT2D eigenvalue weighted by atomic mass is 10.2. The number of ether oxygens (including phenoxy) is 1. The minimum absolute atomic E-state index is 0.0715. The molecule has 3 saturated heterocycles. The molecule has 33 heavy (non-hydrogen) atoms. The average molecular weight is 515 g/mol. The van der Waals surface area contributed by atoms with Gasteiger partial charge in [-0.25, -0.2) is 0 Å². The largest absolute Gasteiger partial charge is 0.377 e. The van der Waals surface area contributed by atoms with Crippen molar-refractivity contribution in [3.63, 3.8) is 0 Å². The zero-order chi connectivity index (χ0) is 22.6. The molecule has 0 N–H and O–H groups in total. The molecule has 3 aliphatic heterocycles. The molecule has 1 atom stereocenters. The van der Waals surface area contributed by atoms with Crippen LogP contribution in [0.25, 0.3) is 0 Å². The summed E-state index contributed by atoms with van der Waals surface area (Å²) in [6, 6.07) is 11.7. The first kappa shape index (κ1) is 22.6. The van der Waals surface area contributed by atoms with Gasteiger partial charge in [0.1, 0.15) is 0 Å². The van der Waals surface area contributed by atoms with E-state index in [4.69, 9.17) is 4.74 Å². The van der Waals surface area contributed by atoms with E-state index >= 15 is 0 Å². The second-order valence-corrected chi connectivity index (χ2v) is 9.79. The molecule has 1 aromatic heterocycles. The summed E-state index contributed by atoms with van der Waals surface area (Å²) in [5.74, 6) is 1.89. The van der Waals surface area contributed by atoms with Crippen LogP contribution < -0.4 is 9.80 Å². The fourth-order valence-corrected chi connectivity index (χ4v) is 5.29. The van der Waals surface area contributed by atoms with Gasteiger partial charge in [0.15, 0.2) is 11.6 Å². The van der Waals surface area contributed by atoms with Crippen LogP contribution >= 0.6 is 15.9 Å². The smallest absolute Gasteiger partial charge is 0.255 e. The Kier molecular flexibility index (Phi) is 7.08. The van der Waals surface area contributed by atoms with Gasteiger partial charge in [0.2, 0.25) is 0 Å². The van der Waals surface area contributed by atoms with Crippen LogP contribution in [-0.2, 0) is 4.74 Å². The summed E-state index contributed by atoms with van der Waals surface area (Å²) in [5, 5.41) is 9.04. The molecular weight excluding hydrogens is 484 g/mol.